The molecule has 9 nitrogen and oxygen atoms in total. The summed E-state index contributed by atoms with van der Waals surface area (Å²) in [7, 11) is -4.55. The van der Waals surface area contributed by atoms with E-state index in [1.807, 2.05) is 13.8 Å². The minimum Gasteiger partial charge on any atom is -0.748 e. The second-order valence-electron chi connectivity index (χ2n) is 12.9. The van der Waals surface area contributed by atoms with Crippen LogP contribution in [-0.4, -0.2) is 54.8 Å². The average Bonchev–Trinajstić information content (AvgIpc) is 3.32. The molecule has 0 amide bonds. The van der Waals surface area contributed by atoms with Gasteiger partial charge < -0.3 is 23.5 Å². The molecule has 2 unspecified atom stereocenters. The van der Waals surface area contributed by atoms with E-state index in [4.69, 9.17) is 14.2 Å². The number of benzene rings is 1. The zero-order valence-electron chi connectivity index (χ0n) is 23.7. The van der Waals surface area contributed by atoms with Crippen LogP contribution in [0.3, 0.4) is 0 Å². The molecule has 4 bridgehead atoms. The van der Waals surface area contributed by atoms with E-state index in [0.29, 0.717) is 38.5 Å². The van der Waals surface area contributed by atoms with E-state index in [0.717, 1.165) is 25.3 Å². The van der Waals surface area contributed by atoms with Gasteiger partial charge in [-0.1, -0.05) is 13.8 Å². The maximum absolute atomic E-state index is 13.5. The van der Waals surface area contributed by atoms with Crippen molar-refractivity contribution in [3.63, 3.8) is 0 Å². The number of ether oxygens (including phenoxy) is 4. The van der Waals surface area contributed by atoms with Gasteiger partial charge in [-0.25, -0.2) is 13.2 Å². The zero-order valence-corrected chi connectivity index (χ0v) is 24.5. The number of carbonyl (C=O) groups is 2. The van der Waals surface area contributed by atoms with Crippen molar-refractivity contribution in [3.8, 4) is 11.5 Å². The highest BCUT2D eigenvalue weighted by molar-refractivity contribution is 7.85. The molecule has 234 valence electrons. The second-order valence-corrected chi connectivity index (χ2v) is 14.5. The summed E-state index contributed by atoms with van der Waals surface area (Å²) in [5, 5.41) is 0. The molecule has 0 aliphatic heterocycles. The first kappa shape index (κ1) is 30.9. The normalized spacial score (nSPS) is 29.9. The first-order valence-corrected chi connectivity index (χ1v) is 16.0. The predicted octanol–water partition coefficient (Wildman–Crippen LogP) is 5.52. The minimum atomic E-state index is -4.96. The SMILES string of the molecule is CC(C)C1(Oc2cc(C(=O)OC34CC5CC(C3)CC(C(=O)OCCS(=O)(=O)[O-])(C5)C4)ccc2OC(F)(F)F)CCCC1. The molecule has 42 heavy (non-hydrogen) atoms. The van der Waals surface area contributed by atoms with Gasteiger partial charge in [-0.15, -0.1) is 13.2 Å². The molecule has 2 atom stereocenters. The molecule has 1 aromatic rings. The number of halogens is 3. The van der Waals surface area contributed by atoms with E-state index >= 15 is 0 Å². The van der Waals surface area contributed by atoms with Gasteiger partial charge in [0.05, 0.1) is 26.8 Å². The lowest BCUT2D eigenvalue weighted by Gasteiger charge is -2.59. The van der Waals surface area contributed by atoms with Crippen molar-refractivity contribution in [1.82, 2.24) is 0 Å². The maximum atomic E-state index is 13.5. The number of alkyl halides is 3. The Morgan fingerprint density at radius 3 is 2.26 bits per heavy atom. The lowest BCUT2D eigenvalue weighted by molar-refractivity contribution is -0.275. The fourth-order valence-electron chi connectivity index (χ4n) is 8.10. The van der Waals surface area contributed by atoms with Crippen molar-refractivity contribution in [3.05, 3.63) is 23.8 Å². The van der Waals surface area contributed by atoms with Crippen LogP contribution >= 0.6 is 0 Å². The third-order valence-electron chi connectivity index (χ3n) is 9.54. The molecule has 0 aromatic heterocycles. The third-order valence-corrected chi connectivity index (χ3v) is 10.2. The van der Waals surface area contributed by atoms with Gasteiger partial charge in [-0.3, -0.25) is 4.79 Å². The van der Waals surface area contributed by atoms with Gasteiger partial charge in [0.15, 0.2) is 11.5 Å². The highest BCUT2D eigenvalue weighted by Crippen LogP contribution is 2.63. The number of hydrogen-bond donors (Lipinski definition) is 0. The summed E-state index contributed by atoms with van der Waals surface area (Å²) in [4.78, 5) is 26.7. The van der Waals surface area contributed by atoms with Gasteiger partial charge in [-0.2, -0.15) is 0 Å². The lowest BCUT2D eigenvalue weighted by Crippen LogP contribution is -2.60. The van der Waals surface area contributed by atoms with Crippen LogP contribution in [0, 0.1) is 23.2 Å². The Morgan fingerprint density at radius 1 is 1.05 bits per heavy atom. The third kappa shape index (κ3) is 6.51. The summed E-state index contributed by atoms with van der Waals surface area (Å²) in [6.07, 6.45) is 1.27. The van der Waals surface area contributed by atoms with E-state index < -0.39 is 63.1 Å². The molecule has 0 radical (unpaired) electrons. The van der Waals surface area contributed by atoms with Crippen molar-refractivity contribution in [1.29, 1.82) is 0 Å². The van der Waals surface area contributed by atoms with Crippen LogP contribution in [0.2, 0.25) is 0 Å². The molecule has 6 rings (SSSR count). The van der Waals surface area contributed by atoms with Crippen LogP contribution in [0.1, 0.15) is 88.4 Å². The molecule has 0 saturated heterocycles. The number of hydrogen-bond acceptors (Lipinski definition) is 9. The predicted molar refractivity (Wildman–Crippen MR) is 141 cm³/mol. The standard InChI is InChI=1S/C29H37F3O9S/c1-18(2)28(7-3-4-8-28)39-23-12-21(5-6-22(23)40-29(30,31)32)24(33)41-27-15-19-11-20(16-27)14-26(13-19,17-27)25(34)38-9-10-42(35,36)37/h5-6,12,18-20H,3-4,7-11,13-17H2,1-2H3,(H,35,36,37)/p-1. The molecule has 5 saturated carbocycles. The van der Waals surface area contributed by atoms with E-state index in [1.54, 1.807) is 0 Å². The second kappa shape index (κ2) is 10.9. The van der Waals surface area contributed by atoms with Gasteiger partial charge in [-0.05, 0) is 93.7 Å². The Hall–Kier alpha value is -2.54. The summed E-state index contributed by atoms with van der Waals surface area (Å²) in [6.45, 7) is 3.35. The Bertz CT molecular complexity index is 1300. The molecule has 5 aliphatic carbocycles. The van der Waals surface area contributed by atoms with Crippen LogP contribution < -0.4 is 9.47 Å². The van der Waals surface area contributed by atoms with E-state index in [9.17, 15) is 35.7 Å². The molecule has 5 aliphatic rings. The van der Waals surface area contributed by atoms with Crippen LogP contribution in [0.15, 0.2) is 18.2 Å². The molecule has 5 fully saturated rings. The van der Waals surface area contributed by atoms with E-state index in [2.05, 4.69) is 4.74 Å². The van der Waals surface area contributed by atoms with Crippen molar-refractivity contribution < 1.29 is 54.7 Å². The molecule has 0 heterocycles. The van der Waals surface area contributed by atoms with Crippen LogP contribution in [0.4, 0.5) is 13.2 Å². The molecule has 0 spiro atoms. The number of esters is 2. The Morgan fingerprint density at radius 2 is 1.69 bits per heavy atom. The first-order chi connectivity index (χ1) is 19.5. The molecule has 0 N–H and O–H groups in total. The van der Waals surface area contributed by atoms with Crippen molar-refractivity contribution in [2.24, 2.45) is 23.2 Å². The molecule has 13 heteroatoms. The first-order valence-electron chi connectivity index (χ1n) is 14.4. The van der Waals surface area contributed by atoms with Gasteiger partial charge in [0, 0.05) is 6.42 Å². The van der Waals surface area contributed by atoms with Gasteiger partial charge in [0.25, 0.3) is 0 Å². The van der Waals surface area contributed by atoms with Crippen LogP contribution in [-0.2, 0) is 24.4 Å². The summed E-state index contributed by atoms with van der Waals surface area (Å²) < 4.78 is 94.3. The monoisotopic (exact) mass is 617 g/mol. The Balaban J connectivity index is 1.37. The number of carbonyl (C=O) groups excluding carboxylic acids is 2. The Labute approximate surface area is 243 Å². The zero-order chi connectivity index (χ0) is 30.6. The topological polar surface area (TPSA) is 128 Å². The highest BCUT2D eigenvalue weighted by atomic mass is 32.2. The summed E-state index contributed by atoms with van der Waals surface area (Å²) in [5.41, 5.74) is -2.62. The molecular weight excluding hydrogens is 581 g/mol. The minimum absolute atomic E-state index is 0.00412. The van der Waals surface area contributed by atoms with E-state index in [-0.39, 0.29) is 35.5 Å². The summed E-state index contributed by atoms with van der Waals surface area (Å²) in [6, 6.07) is 3.51. The smallest absolute Gasteiger partial charge is 0.573 e. The molecule has 1 aromatic carbocycles. The van der Waals surface area contributed by atoms with Gasteiger partial charge >= 0.3 is 18.3 Å². The van der Waals surface area contributed by atoms with Crippen LogP contribution in [0.5, 0.6) is 11.5 Å². The number of rotatable bonds is 10. The largest absolute Gasteiger partial charge is 0.748 e. The highest BCUT2D eigenvalue weighted by Gasteiger charge is 2.63. The van der Waals surface area contributed by atoms with Crippen molar-refractivity contribution in [2.45, 2.75) is 95.6 Å². The quantitative estimate of drug-likeness (QED) is 0.246. The van der Waals surface area contributed by atoms with Crippen molar-refractivity contribution in [2.75, 3.05) is 12.4 Å². The fourth-order valence-corrected chi connectivity index (χ4v) is 8.38. The average molecular weight is 618 g/mol. The molecular formula is C29H36F3O9S-. The van der Waals surface area contributed by atoms with Gasteiger partial charge in [0.1, 0.15) is 17.8 Å². The lowest BCUT2D eigenvalue weighted by atomic mass is 9.48. The summed E-state index contributed by atoms with van der Waals surface area (Å²) >= 11 is 0. The van der Waals surface area contributed by atoms with E-state index in [1.165, 1.54) is 12.1 Å². The van der Waals surface area contributed by atoms with Crippen LogP contribution in [0.25, 0.3) is 0 Å². The summed E-state index contributed by atoms with van der Waals surface area (Å²) in [5.74, 6) is -2.70. The van der Waals surface area contributed by atoms with Gasteiger partial charge in [0.2, 0.25) is 0 Å². The van der Waals surface area contributed by atoms with Crippen molar-refractivity contribution >= 4 is 22.1 Å². The fraction of sp³-hybridized carbons (Fsp3) is 0.724. The maximum Gasteiger partial charge on any atom is 0.573 e. The Kier molecular flexibility index (Phi) is 8.00.